The molecular formula is C25H28F2N2O2. The first kappa shape index (κ1) is 22.7. The molecular weight excluding hydrogens is 398 g/mol. The lowest BCUT2D eigenvalue weighted by atomic mass is 10.1. The van der Waals surface area contributed by atoms with E-state index in [1.165, 1.54) is 24.3 Å². The molecule has 164 valence electrons. The molecule has 0 saturated heterocycles. The average molecular weight is 427 g/mol. The Labute approximate surface area is 182 Å². The second kappa shape index (κ2) is 10.9. The molecule has 0 saturated carbocycles. The smallest absolute Gasteiger partial charge is 0.237 e. The first-order chi connectivity index (χ1) is 14.9. The van der Waals surface area contributed by atoms with Gasteiger partial charge in [-0.15, -0.1) is 0 Å². The number of nitrogens with zero attached hydrogens (tertiary/aromatic N) is 2. The quantitative estimate of drug-likeness (QED) is 0.445. The molecule has 0 atom stereocenters. The molecule has 2 aromatic carbocycles. The highest BCUT2D eigenvalue weighted by atomic mass is 19.1. The topological polar surface area (TPSA) is 36.7 Å². The van der Waals surface area contributed by atoms with Crippen LogP contribution in [0.1, 0.15) is 30.7 Å². The van der Waals surface area contributed by atoms with Crippen molar-refractivity contribution in [3.05, 3.63) is 95.4 Å². The number of carbonyl (C=O) groups excluding carboxylic acids is 1. The third-order valence-electron chi connectivity index (χ3n) is 4.87. The molecule has 3 aromatic rings. The summed E-state index contributed by atoms with van der Waals surface area (Å²) >= 11 is 0. The Bertz CT molecular complexity index is 939. The van der Waals surface area contributed by atoms with Crippen molar-refractivity contribution in [3.63, 3.8) is 0 Å². The van der Waals surface area contributed by atoms with Crippen molar-refractivity contribution in [2.24, 2.45) is 5.92 Å². The molecule has 0 fully saturated rings. The maximum absolute atomic E-state index is 13.3. The molecule has 6 heteroatoms. The van der Waals surface area contributed by atoms with Crippen molar-refractivity contribution in [1.82, 2.24) is 9.80 Å². The third-order valence-corrected chi connectivity index (χ3v) is 4.87. The zero-order valence-corrected chi connectivity index (χ0v) is 17.9. The Kier molecular flexibility index (Phi) is 7.95. The van der Waals surface area contributed by atoms with Crippen molar-refractivity contribution in [1.29, 1.82) is 0 Å². The van der Waals surface area contributed by atoms with Crippen LogP contribution < -0.4 is 0 Å². The van der Waals surface area contributed by atoms with E-state index < -0.39 is 0 Å². The summed E-state index contributed by atoms with van der Waals surface area (Å²) in [6, 6.07) is 16.1. The highest BCUT2D eigenvalue weighted by Crippen LogP contribution is 2.14. The Morgan fingerprint density at radius 1 is 0.871 bits per heavy atom. The number of benzene rings is 2. The predicted octanol–water partition coefficient (Wildman–Crippen LogP) is 5.24. The number of rotatable bonds is 10. The number of carbonyl (C=O) groups is 1. The van der Waals surface area contributed by atoms with Crippen LogP contribution >= 0.6 is 0 Å². The molecule has 0 aliphatic heterocycles. The van der Waals surface area contributed by atoms with Gasteiger partial charge in [0.15, 0.2) is 0 Å². The fourth-order valence-corrected chi connectivity index (χ4v) is 3.47. The lowest BCUT2D eigenvalue weighted by Gasteiger charge is -2.28. The number of furan rings is 1. The zero-order valence-electron chi connectivity index (χ0n) is 17.9. The summed E-state index contributed by atoms with van der Waals surface area (Å²) in [7, 11) is 0. The molecule has 4 nitrogen and oxygen atoms in total. The standard InChI is InChI=1S/C25H28F2N2O2/c1-19(2)14-28(15-20-5-9-22(26)10-6-20)18-25(30)29(17-24-4-3-13-31-24)16-21-7-11-23(27)12-8-21/h3-13,19H,14-18H2,1-2H3. The second-order valence-electron chi connectivity index (χ2n) is 8.15. The molecule has 3 rings (SSSR count). The summed E-state index contributed by atoms with van der Waals surface area (Å²) < 4.78 is 32.0. The van der Waals surface area contributed by atoms with E-state index in [1.807, 2.05) is 6.07 Å². The summed E-state index contributed by atoms with van der Waals surface area (Å²) in [4.78, 5) is 17.1. The van der Waals surface area contributed by atoms with Crippen LogP contribution in [0.15, 0.2) is 71.3 Å². The van der Waals surface area contributed by atoms with Crippen LogP contribution in [0.5, 0.6) is 0 Å². The lowest BCUT2D eigenvalue weighted by Crippen LogP contribution is -2.40. The van der Waals surface area contributed by atoms with Gasteiger partial charge in [-0.3, -0.25) is 9.69 Å². The minimum absolute atomic E-state index is 0.0523. The van der Waals surface area contributed by atoms with Crippen LogP contribution in [0.3, 0.4) is 0 Å². The van der Waals surface area contributed by atoms with E-state index in [0.29, 0.717) is 31.3 Å². The SMILES string of the molecule is CC(C)CN(CC(=O)N(Cc1ccc(F)cc1)Cc1ccco1)Cc1ccc(F)cc1. The number of amides is 1. The van der Waals surface area contributed by atoms with E-state index in [9.17, 15) is 13.6 Å². The Hall–Kier alpha value is -2.99. The molecule has 0 spiro atoms. The summed E-state index contributed by atoms with van der Waals surface area (Å²) in [6.07, 6.45) is 1.58. The van der Waals surface area contributed by atoms with Gasteiger partial charge in [-0.2, -0.15) is 0 Å². The maximum atomic E-state index is 13.3. The molecule has 0 N–H and O–H groups in total. The van der Waals surface area contributed by atoms with E-state index in [2.05, 4.69) is 18.7 Å². The minimum Gasteiger partial charge on any atom is -0.467 e. The minimum atomic E-state index is -0.310. The predicted molar refractivity (Wildman–Crippen MR) is 116 cm³/mol. The van der Waals surface area contributed by atoms with E-state index in [-0.39, 0.29) is 24.1 Å². The van der Waals surface area contributed by atoms with Gasteiger partial charge in [-0.25, -0.2) is 8.78 Å². The van der Waals surface area contributed by atoms with Gasteiger partial charge < -0.3 is 9.32 Å². The fraction of sp³-hybridized carbons (Fsp3) is 0.320. The van der Waals surface area contributed by atoms with E-state index in [4.69, 9.17) is 4.42 Å². The molecule has 0 unspecified atom stereocenters. The van der Waals surface area contributed by atoms with Crippen LogP contribution in [0.25, 0.3) is 0 Å². The Morgan fingerprint density at radius 2 is 1.45 bits per heavy atom. The number of hydrogen-bond acceptors (Lipinski definition) is 3. The number of hydrogen-bond donors (Lipinski definition) is 0. The molecule has 0 radical (unpaired) electrons. The van der Waals surface area contributed by atoms with Crippen LogP contribution in [0, 0.1) is 17.6 Å². The summed E-state index contributed by atoms with van der Waals surface area (Å²) in [6.45, 7) is 6.38. The van der Waals surface area contributed by atoms with Crippen LogP contribution in [0.2, 0.25) is 0 Å². The fourth-order valence-electron chi connectivity index (χ4n) is 3.47. The van der Waals surface area contributed by atoms with Gasteiger partial charge in [0.2, 0.25) is 5.91 Å². The van der Waals surface area contributed by atoms with E-state index in [1.54, 1.807) is 41.5 Å². The maximum Gasteiger partial charge on any atom is 0.237 e. The van der Waals surface area contributed by atoms with Crippen molar-refractivity contribution < 1.29 is 18.0 Å². The van der Waals surface area contributed by atoms with Gasteiger partial charge in [0, 0.05) is 19.6 Å². The normalized spacial score (nSPS) is 11.3. The van der Waals surface area contributed by atoms with Gasteiger partial charge in [0.1, 0.15) is 17.4 Å². The molecule has 0 bridgehead atoms. The van der Waals surface area contributed by atoms with Gasteiger partial charge in [0.05, 0.1) is 19.4 Å². The van der Waals surface area contributed by atoms with Crippen LogP contribution in [-0.2, 0) is 24.4 Å². The molecule has 1 amide bonds. The van der Waals surface area contributed by atoms with Gasteiger partial charge in [-0.1, -0.05) is 38.1 Å². The Morgan fingerprint density at radius 3 is 1.97 bits per heavy atom. The van der Waals surface area contributed by atoms with Crippen molar-refractivity contribution in [2.75, 3.05) is 13.1 Å². The Balaban J connectivity index is 1.74. The monoisotopic (exact) mass is 426 g/mol. The molecule has 31 heavy (non-hydrogen) atoms. The van der Waals surface area contributed by atoms with Gasteiger partial charge in [0.25, 0.3) is 0 Å². The lowest BCUT2D eigenvalue weighted by molar-refractivity contribution is -0.134. The highest BCUT2D eigenvalue weighted by Gasteiger charge is 2.20. The van der Waals surface area contributed by atoms with Crippen molar-refractivity contribution in [3.8, 4) is 0 Å². The molecule has 0 aliphatic rings. The van der Waals surface area contributed by atoms with Crippen LogP contribution in [0.4, 0.5) is 8.78 Å². The van der Waals surface area contributed by atoms with E-state index >= 15 is 0 Å². The average Bonchev–Trinajstić information content (AvgIpc) is 3.23. The number of halogens is 2. The van der Waals surface area contributed by atoms with E-state index in [0.717, 1.165) is 17.7 Å². The molecule has 0 aliphatic carbocycles. The van der Waals surface area contributed by atoms with Gasteiger partial charge in [-0.05, 0) is 53.4 Å². The zero-order chi connectivity index (χ0) is 22.2. The van der Waals surface area contributed by atoms with Crippen molar-refractivity contribution >= 4 is 5.91 Å². The summed E-state index contributed by atoms with van der Waals surface area (Å²) in [5.74, 6) is 0.408. The third kappa shape index (κ3) is 7.33. The largest absolute Gasteiger partial charge is 0.467 e. The second-order valence-corrected chi connectivity index (χ2v) is 8.15. The van der Waals surface area contributed by atoms with Crippen LogP contribution in [-0.4, -0.2) is 28.8 Å². The summed E-state index contributed by atoms with van der Waals surface area (Å²) in [5, 5.41) is 0. The highest BCUT2D eigenvalue weighted by molar-refractivity contribution is 5.78. The van der Waals surface area contributed by atoms with Crippen molar-refractivity contribution in [2.45, 2.75) is 33.5 Å². The first-order valence-electron chi connectivity index (χ1n) is 10.4. The molecule has 1 aromatic heterocycles. The summed E-state index contributed by atoms with van der Waals surface area (Å²) in [5.41, 5.74) is 1.79. The first-order valence-corrected chi connectivity index (χ1v) is 10.4. The molecule has 1 heterocycles. The van der Waals surface area contributed by atoms with Gasteiger partial charge >= 0.3 is 0 Å².